The van der Waals surface area contributed by atoms with Gasteiger partial charge in [-0.1, -0.05) is 146 Å². The molecule has 102 heavy (non-hydrogen) atoms. The number of rotatable bonds is 0. The van der Waals surface area contributed by atoms with E-state index in [4.69, 9.17) is 0 Å². The maximum atomic E-state index is 14.7. The van der Waals surface area contributed by atoms with E-state index in [-0.39, 0.29) is 68.1 Å². The zero-order valence-electron chi connectivity index (χ0n) is 55.6. The molecule has 0 radical (unpaired) electrons. The Hall–Kier alpha value is -13.3. The van der Waals surface area contributed by atoms with Gasteiger partial charge in [0.25, 0.3) is 0 Å². The number of aromatic nitrogens is 6. The number of nitrogens with zero attached hydrogens (tertiary/aromatic N) is 6. The molecule has 0 atom stereocenters. The van der Waals surface area contributed by atoms with Crippen molar-refractivity contribution >= 4 is 34.7 Å². The van der Waals surface area contributed by atoms with Crippen molar-refractivity contribution in [2.75, 3.05) is 0 Å². The average molecular weight is 1330 g/mol. The fraction of sp³-hybridized carbons (Fsp3) is 0.0667. The predicted molar refractivity (Wildman–Crippen MR) is 384 cm³/mol. The van der Waals surface area contributed by atoms with Crippen LogP contribution in [-0.2, 0) is 39.3 Å². The average Bonchev–Trinajstić information content (AvgIpc) is 0.791. The topological polar surface area (TPSA) is 126 Å². The molecular weight excluding hydrogens is 1260 g/mol. The Morgan fingerprint density at radius 1 is 0.137 bits per heavy atom. The van der Waals surface area contributed by atoms with E-state index < -0.39 is 0 Å². The standard InChI is InChI=1S/C90H66N6O6/c97-85-73-13-1-61(2-14-73)55-91-37-25-67(26-38-91)68-27-39-92(40-28-68)56-64-7-19-76(20-8-64)88(100)82-52-83-54-84(53-82)90(102)78-23-11-66(12-24-78)60-96-47-35-72(36-48-96)70-31-43-94(44-32-70)58-63-5-17-75(18-6-63)87(99)81-50-79(85)49-80(51-81)86(98)74-15-3-62(4-16-74)57-93-41-29-69(30-42-93)71-33-45-95(46-34-71)59-65-9-21-77(22-10-65)89(83)101/h1-54H,55-60H2/q+6. The second-order valence-electron chi connectivity index (χ2n) is 26.3. The van der Waals surface area contributed by atoms with Crippen LogP contribution in [0.25, 0.3) is 33.4 Å². The molecule has 8 aromatic carbocycles. The lowest BCUT2D eigenvalue weighted by Crippen LogP contribution is -2.33. The molecule has 14 aromatic rings. The first-order chi connectivity index (χ1) is 49.9. The summed E-state index contributed by atoms with van der Waals surface area (Å²) >= 11 is 0. The highest BCUT2D eigenvalue weighted by Gasteiger charge is 2.24. The van der Waals surface area contributed by atoms with Crippen LogP contribution in [0.3, 0.4) is 0 Å². The molecule has 39 aliphatic heterocycles. The number of ketones is 6. The maximum Gasteiger partial charge on any atom is 0.193 e. The lowest BCUT2D eigenvalue weighted by atomic mass is 9.91. The van der Waals surface area contributed by atoms with Crippen molar-refractivity contribution in [2.24, 2.45) is 0 Å². The predicted octanol–water partition coefficient (Wildman–Crippen LogP) is 12.7. The van der Waals surface area contributed by atoms with Gasteiger partial charge in [0.1, 0.15) is 0 Å². The molecule has 0 amide bonds. The zero-order chi connectivity index (χ0) is 69.2. The Bertz CT molecular complexity index is 4640. The minimum absolute atomic E-state index is 0.226. The summed E-state index contributed by atoms with van der Waals surface area (Å²) in [5.41, 5.74) is 15.9. The maximum absolute atomic E-state index is 14.7. The largest absolute Gasteiger partial charge is 0.289 e. The van der Waals surface area contributed by atoms with Gasteiger partial charge >= 0.3 is 0 Å². The smallest absolute Gasteiger partial charge is 0.193 e. The van der Waals surface area contributed by atoms with Gasteiger partial charge in [-0.25, -0.2) is 27.4 Å². The first-order valence-corrected chi connectivity index (χ1v) is 33.9. The van der Waals surface area contributed by atoms with E-state index in [2.05, 4.69) is 100 Å². The summed E-state index contributed by atoms with van der Waals surface area (Å²) in [6, 6.07) is 79.0. The highest BCUT2D eigenvalue weighted by Crippen LogP contribution is 2.27. The third-order valence-corrected chi connectivity index (χ3v) is 19.3. The summed E-state index contributed by atoms with van der Waals surface area (Å²) in [5.74, 6) is -1.90. The van der Waals surface area contributed by atoms with Gasteiger partial charge in [-0.2, -0.15) is 0 Å². The van der Waals surface area contributed by atoms with Crippen LogP contribution in [0.1, 0.15) is 129 Å². The van der Waals surface area contributed by atoms with Crippen molar-refractivity contribution < 1.29 is 56.2 Å². The van der Waals surface area contributed by atoms with Gasteiger partial charge in [0.2, 0.25) is 0 Å². The SMILES string of the molecule is O=C1c2ccc(cc2)C[n+]2ccc(cc2)-c2cc[n+](cc2)Cc2ccc(cc2)C(=O)c2cc3cc(c2)C(=O)c2ccc(cc2)C[n+]2ccc(cc2)-c2cc[n+](cc2)Cc2ccc(cc2)C(=O)c2cc1cc(c2)C(=O)c1ccc(cc1)C[n+]1ccc(cc1)-c1cc[n+](cc1)Cc1ccc(cc1)C3=O. The summed E-state index contributed by atoms with van der Waals surface area (Å²) in [4.78, 5) is 88.0. The number of carbonyl (C=O) groups excluding carboxylic acids is 6. The summed E-state index contributed by atoms with van der Waals surface area (Å²) < 4.78 is 12.4. The summed E-state index contributed by atoms with van der Waals surface area (Å²) in [6.45, 7) is 3.27. The van der Waals surface area contributed by atoms with E-state index in [1.54, 1.807) is 109 Å². The lowest BCUT2D eigenvalue weighted by molar-refractivity contribution is -0.688. The molecule has 0 fully saturated rings. The van der Waals surface area contributed by atoms with E-state index in [9.17, 15) is 28.8 Å². The van der Waals surface area contributed by atoms with Crippen molar-refractivity contribution in [3.05, 3.63) is 429 Å². The molecule has 0 saturated heterocycles. The zero-order valence-corrected chi connectivity index (χ0v) is 55.6. The Balaban J connectivity index is 0.769. The van der Waals surface area contributed by atoms with Crippen LogP contribution in [0, 0.1) is 0 Å². The molecule has 486 valence electrons. The first kappa shape index (κ1) is 63.4. The van der Waals surface area contributed by atoms with E-state index >= 15 is 0 Å². The molecule has 12 heteroatoms. The number of hydrogen-bond donors (Lipinski definition) is 0. The van der Waals surface area contributed by atoms with Gasteiger partial charge < -0.3 is 0 Å². The van der Waals surface area contributed by atoms with Gasteiger partial charge in [0.15, 0.2) is 148 Å². The minimum atomic E-state index is -0.316. The monoisotopic (exact) mass is 1330 g/mol. The van der Waals surface area contributed by atoms with Crippen LogP contribution >= 0.6 is 0 Å². The quantitative estimate of drug-likeness (QED) is 0.139. The lowest BCUT2D eigenvalue weighted by Gasteiger charge is -2.10. The molecule has 30 bridgehead atoms. The molecule has 0 spiro atoms. The molecule has 0 aliphatic carbocycles. The molecule has 6 aromatic heterocycles. The van der Waals surface area contributed by atoms with Gasteiger partial charge in [-0.05, 0) is 69.8 Å². The normalized spacial score (nSPS) is 13.2. The van der Waals surface area contributed by atoms with Crippen LogP contribution in [-0.4, -0.2) is 34.7 Å². The van der Waals surface area contributed by atoms with Crippen LogP contribution in [0.5, 0.6) is 0 Å². The van der Waals surface area contributed by atoms with E-state index in [1.165, 1.54) is 0 Å². The van der Waals surface area contributed by atoms with Crippen LogP contribution in [0.4, 0.5) is 0 Å². The van der Waals surface area contributed by atoms with Crippen molar-refractivity contribution in [1.82, 2.24) is 0 Å². The molecule has 0 N–H and O–H groups in total. The van der Waals surface area contributed by atoms with Crippen molar-refractivity contribution in [3.63, 3.8) is 0 Å². The fourth-order valence-corrected chi connectivity index (χ4v) is 13.4. The van der Waals surface area contributed by atoms with Gasteiger partial charge in [-0.3, -0.25) is 28.8 Å². The molecule has 53 rings (SSSR count). The van der Waals surface area contributed by atoms with Crippen molar-refractivity contribution in [3.8, 4) is 33.4 Å². The van der Waals surface area contributed by atoms with Crippen LogP contribution < -0.4 is 27.4 Å². The third kappa shape index (κ3) is 13.8. The second-order valence-corrected chi connectivity index (χ2v) is 26.3. The minimum Gasteiger partial charge on any atom is -0.289 e. The Morgan fingerprint density at radius 3 is 0.373 bits per heavy atom. The highest BCUT2D eigenvalue weighted by atomic mass is 16.1. The Kier molecular flexibility index (Phi) is 17.1. The number of carbonyl (C=O) groups is 6. The Morgan fingerprint density at radius 2 is 0.255 bits per heavy atom. The number of pyridine rings is 6. The van der Waals surface area contributed by atoms with Crippen LogP contribution in [0.15, 0.2) is 329 Å². The Labute approximate surface area is 589 Å². The van der Waals surface area contributed by atoms with Crippen molar-refractivity contribution in [1.29, 1.82) is 0 Å². The van der Waals surface area contributed by atoms with Gasteiger partial charge in [-0.15, -0.1) is 0 Å². The second kappa shape index (κ2) is 27.5. The molecule has 39 aliphatic rings. The summed E-state index contributed by atoms with van der Waals surface area (Å²) in [5, 5.41) is 0. The van der Waals surface area contributed by atoms with E-state index in [1.807, 2.05) is 147 Å². The van der Waals surface area contributed by atoms with Crippen molar-refractivity contribution in [2.45, 2.75) is 39.3 Å². The van der Waals surface area contributed by atoms with E-state index in [0.29, 0.717) is 72.6 Å². The first-order valence-electron chi connectivity index (χ1n) is 33.9. The summed E-state index contributed by atoms with van der Waals surface area (Å²) in [7, 11) is 0. The molecule has 0 unspecified atom stereocenters. The number of benzene rings is 8. The fourth-order valence-electron chi connectivity index (χ4n) is 13.4. The molecule has 0 saturated carbocycles. The van der Waals surface area contributed by atoms with Gasteiger partial charge in [0.05, 0.1) is 0 Å². The van der Waals surface area contributed by atoms with Gasteiger partial charge in [0, 0.05) is 173 Å². The third-order valence-electron chi connectivity index (χ3n) is 19.3. The number of hydrogen-bond acceptors (Lipinski definition) is 6. The molecule has 45 heterocycles. The highest BCUT2D eigenvalue weighted by molar-refractivity contribution is 6.18. The molecule has 12 nitrogen and oxygen atoms in total. The van der Waals surface area contributed by atoms with Crippen LogP contribution in [0.2, 0.25) is 0 Å². The molecular formula is C90H66N6O6+6. The van der Waals surface area contributed by atoms with E-state index in [0.717, 1.165) is 66.8 Å². The summed E-state index contributed by atoms with van der Waals surface area (Å²) in [6.07, 6.45) is 24.3.